The van der Waals surface area contributed by atoms with Gasteiger partial charge in [-0.2, -0.15) is 5.10 Å². The Morgan fingerprint density at radius 3 is 2.79 bits per heavy atom. The molecule has 3 aromatic rings. The zero-order chi connectivity index (χ0) is 19.9. The maximum absolute atomic E-state index is 12.2. The Morgan fingerprint density at radius 2 is 2.04 bits per heavy atom. The van der Waals surface area contributed by atoms with Crippen molar-refractivity contribution in [2.75, 3.05) is 0 Å². The number of hydrazone groups is 1. The lowest BCUT2D eigenvalue weighted by molar-refractivity contribution is 0.0955. The number of aromatic nitrogens is 1. The van der Waals surface area contributed by atoms with Crippen LogP contribution in [-0.2, 0) is 6.61 Å². The second-order valence-corrected chi connectivity index (χ2v) is 8.16. The number of hydrogen-bond donors (Lipinski definition) is 1. The summed E-state index contributed by atoms with van der Waals surface area (Å²) in [5.74, 6) is 0.213. The Kier molecular flexibility index (Phi) is 7.41. The molecule has 0 aliphatic carbocycles. The van der Waals surface area contributed by atoms with Crippen LogP contribution in [0.2, 0.25) is 5.15 Å². The first-order valence-electron chi connectivity index (χ1n) is 8.13. The van der Waals surface area contributed by atoms with Crippen LogP contribution in [-0.4, -0.2) is 17.1 Å². The van der Waals surface area contributed by atoms with Gasteiger partial charge in [0, 0.05) is 19.8 Å². The van der Waals surface area contributed by atoms with Crippen molar-refractivity contribution in [3.8, 4) is 5.75 Å². The molecule has 142 valence electrons. The van der Waals surface area contributed by atoms with E-state index in [1.54, 1.807) is 12.1 Å². The maximum Gasteiger partial charge on any atom is 0.274 e. The standard InChI is InChI=1S/C20H14BrClIN3O2/c21-15-5-8-18(28-12-13-3-6-16(23)7-4-13)14(10-15)11-25-26-20(27)17-2-1-9-24-19(17)22/h1-11H,12H2,(H,26,27). The van der Waals surface area contributed by atoms with Crippen molar-refractivity contribution in [1.82, 2.24) is 10.4 Å². The molecule has 0 radical (unpaired) electrons. The lowest BCUT2D eigenvalue weighted by atomic mass is 10.2. The summed E-state index contributed by atoms with van der Waals surface area (Å²) >= 11 is 11.6. The van der Waals surface area contributed by atoms with Crippen molar-refractivity contribution in [2.45, 2.75) is 6.61 Å². The van der Waals surface area contributed by atoms with Gasteiger partial charge in [0.05, 0.1) is 11.8 Å². The minimum atomic E-state index is -0.439. The average Bonchev–Trinajstić information content (AvgIpc) is 2.69. The number of benzene rings is 2. The molecule has 0 fully saturated rings. The van der Waals surface area contributed by atoms with Gasteiger partial charge >= 0.3 is 0 Å². The van der Waals surface area contributed by atoms with E-state index < -0.39 is 5.91 Å². The van der Waals surface area contributed by atoms with Crippen molar-refractivity contribution in [1.29, 1.82) is 0 Å². The van der Waals surface area contributed by atoms with Crippen molar-refractivity contribution >= 4 is 62.2 Å². The van der Waals surface area contributed by atoms with Gasteiger partial charge in [-0.3, -0.25) is 4.79 Å². The van der Waals surface area contributed by atoms with Gasteiger partial charge in [-0.1, -0.05) is 39.7 Å². The van der Waals surface area contributed by atoms with Crippen LogP contribution < -0.4 is 10.2 Å². The van der Waals surface area contributed by atoms with E-state index in [9.17, 15) is 4.79 Å². The number of carbonyl (C=O) groups is 1. The third-order valence-electron chi connectivity index (χ3n) is 3.65. The average molecular weight is 571 g/mol. The number of amides is 1. The predicted molar refractivity (Wildman–Crippen MR) is 122 cm³/mol. The van der Waals surface area contributed by atoms with E-state index in [0.717, 1.165) is 15.6 Å². The van der Waals surface area contributed by atoms with Gasteiger partial charge in [0.25, 0.3) is 5.91 Å². The highest BCUT2D eigenvalue weighted by Crippen LogP contribution is 2.23. The van der Waals surface area contributed by atoms with E-state index in [0.29, 0.717) is 12.4 Å². The summed E-state index contributed by atoms with van der Waals surface area (Å²) in [7, 11) is 0. The number of carbonyl (C=O) groups excluding carboxylic acids is 1. The van der Waals surface area contributed by atoms with Crippen LogP contribution >= 0.6 is 50.1 Å². The van der Waals surface area contributed by atoms with Crippen LogP contribution in [0.3, 0.4) is 0 Å². The van der Waals surface area contributed by atoms with E-state index in [4.69, 9.17) is 16.3 Å². The molecule has 28 heavy (non-hydrogen) atoms. The third kappa shape index (κ3) is 5.76. The predicted octanol–water partition coefficient (Wildman–Crippen LogP) is 5.45. The molecule has 0 spiro atoms. The maximum atomic E-state index is 12.2. The molecule has 1 amide bonds. The first kappa shape index (κ1) is 20.8. The fraction of sp³-hybridized carbons (Fsp3) is 0.0500. The molecule has 8 heteroatoms. The molecule has 3 rings (SSSR count). The summed E-state index contributed by atoms with van der Waals surface area (Å²) < 4.78 is 7.96. The molecule has 0 saturated carbocycles. The smallest absolute Gasteiger partial charge is 0.274 e. The Morgan fingerprint density at radius 1 is 1.25 bits per heavy atom. The molecule has 1 N–H and O–H groups in total. The normalized spacial score (nSPS) is 10.8. The fourth-order valence-electron chi connectivity index (χ4n) is 2.27. The van der Waals surface area contributed by atoms with Gasteiger partial charge in [0.2, 0.25) is 0 Å². The highest BCUT2D eigenvalue weighted by Gasteiger charge is 2.09. The molecular formula is C20H14BrClIN3O2. The third-order valence-corrected chi connectivity index (χ3v) is 5.17. The number of nitrogens with zero attached hydrogens (tertiary/aromatic N) is 2. The van der Waals surface area contributed by atoms with Crippen molar-refractivity contribution < 1.29 is 9.53 Å². The summed E-state index contributed by atoms with van der Waals surface area (Å²) in [5.41, 5.74) is 4.49. The molecule has 0 aliphatic rings. The zero-order valence-corrected chi connectivity index (χ0v) is 18.9. The Labute approximate surface area is 189 Å². The summed E-state index contributed by atoms with van der Waals surface area (Å²) in [4.78, 5) is 16.0. The van der Waals surface area contributed by atoms with Crippen LogP contribution in [0.15, 0.2) is 70.4 Å². The van der Waals surface area contributed by atoms with E-state index in [1.165, 1.54) is 16.0 Å². The van der Waals surface area contributed by atoms with Crippen molar-refractivity contribution in [2.24, 2.45) is 5.10 Å². The number of rotatable bonds is 6. The minimum Gasteiger partial charge on any atom is -0.488 e. The summed E-state index contributed by atoms with van der Waals surface area (Å²) in [5, 5.41) is 4.14. The van der Waals surface area contributed by atoms with Gasteiger partial charge in [-0.25, -0.2) is 10.4 Å². The fourth-order valence-corrected chi connectivity index (χ4v) is 3.21. The summed E-state index contributed by atoms with van der Waals surface area (Å²) in [6.07, 6.45) is 3.04. The van der Waals surface area contributed by atoms with E-state index >= 15 is 0 Å². The molecule has 5 nitrogen and oxygen atoms in total. The van der Waals surface area contributed by atoms with Gasteiger partial charge in [-0.05, 0) is 70.6 Å². The molecule has 0 saturated heterocycles. The lowest BCUT2D eigenvalue weighted by Crippen LogP contribution is -2.18. The van der Waals surface area contributed by atoms with Crippen LogP contribution in [0.5, 0.6) is 5.75 Å². The van der Waals surface area contributed by atoms with Crippen LogP contribution in [0.4, 0.5) is 0 Å². The van der Waals surface area contributed by atoms with Crippen molar-refractivity contribution in [3.05, 3.63) is 90.7 Å². The molecule has 0 aliphatic heterocycles. The number of ether oxygens (including phenoxy) is 1. The monoisotopic (exact) mass is 569 g/mol. The summed E-state index contributed by atoms with van der Waals surface area (Å²) in [6.45, 7) is 0.428. The molecule has 0 bridgehead atoms. The van der Waals surface area contributed by atoms with Crippen LogP contribution in [0, 0.1) is 3.57 Å². The topological polar surface area (TPSA) is 63.6 Å². The summed E-state index contributed by atoms with van der Waals surface area (Å²) in [6, 6.07) is 16.9. The Bertz CT molecular complexity index is 1010. The largest absolute Gasteiger partial charge is 0.488 e. The number of hydrogen-bond acceptors (Lipinski definition) is 4. The molecule has 0 unspecified atom stereocenters. The molecule has 1 heterocycles. The van der Waals surface area contributed by atoms with Gasteiger partial charge in [-0.15, -0.1) is 0 Å². The van der Waals surface area contributed by atoms with Gasteiger partial charge < -0.3 is 4.74 Å². The Hall–Kier alpha value is -1.97. The van der Waals surface area contributed by atoms with E-state index in [-0.39, 0.29) is 10.7 Å². The molecule has 0 atom stereocenters. The minimum absolute atomic E-state index is 0.124. The van der Waals surface area contributed by atoms with E-state index in [2.05, 4.69) is 54.0 Å². The number of nitrogens with one attached hydrogen (secondary N) is 1. The first-order chi connectivity index (χ1) is 13.5. The van der Waals surface area contributed by atoms with Crippen LogP contribution in [0.1, 0.15) is 21.5 Å². The quantitative estimate of drug-likeness (QED) is 0.186. The molecular weight excluding hydrogens is 557 g/mol. The SMILES string of the molecule is O=C(NN=Cc1cc(Br)ccc1OCc1ccc(I)cc1)c1cccnc1Cl. The van der Waals surface area contributed by atoms with E-state index in [1.807, 2.05) is 42.5 Å². The molecule has 2 aromatic carbocycles. The number of pyridine rings is 1. The van der Waals surface area contributed by atoms with Gasteiger partial charge in [0.15, 0.2) is 0 Å². The highest BCUT2D eigenvalue weighted by atomic mass is 127. The zero-order valence-electron chi connectivity index (χ0n) is 14.4. The second-order valence-electron chi connectivity index (χ2n) is 5.64. The van der Waals surface area contributed by atoms with Crippen molar-refractivity contribution in [3.63, 3.8) is 0 Å². The molecule has 1 aromatic heterocycles. The first-order valence-corrected chi connectivity index (χ1v) is 10.4. The number of halogens is 3. The lowest BCUT2D eigenvalue weighted by Gasteiger charge is -2.10. The van der Waals surface area contributed by atoms with Crippen LogP contribution in [0.25, 0.3) is 0 Å². The highest BCUT2D eigenvalue weighted by molar-refractivity contribution is 14.1. The van der Waals surface area contributed by atoms with Gasteiger partial charge in [0.1, 0.15) is 17.5 Å². The Balaban J connectivity index is 1.69. The second kappa shape index (κ2) is 9.99.